The third-order valence-corrected chi connectivity index (χ3v) is 6.24. The SMILES string of the molecule is C[C@@]1(CCl)C(Cc2ccc(Cl)cc2)CC[C@@]1(O)Cn1cncn1. The first-order valence-corrected chi connectivity index (χ1v) is 8.73. The van der Waals surface area contributed by atoms with Crippen molar-refractivity contribution in [2.75, 3.05) is 5.88 Å². The highest BCUT2D eigenvalue weighted by atomic mass is 35.5. The summed E-state index contributed by atoms with van der Waals surface area (Å²) < 4.78 is 1.69. The molecule has 0 aliphatic heterocycles. The first-order chi connectivity index (χ1) is 11.0. The van der Waals surface area contributed by atoms with E-state index in [9.17, 15) is 5.11 Å². The zero-order valence-electron chi connectivity index (χ0n) is 13.1. The minimum Gasteiger partial charge on any atom is -0.387 e. The molecule has 1 aliphatic rings. The molecule has 0 spiro atoms. The molecule has 1 aromatic heterocycles. The molecule has 1 heterocycles. The van der Waals surface area contributed by atoms with Crippen molar-refractivity contribution in [1.82, 2.24) is 14.8 Å². The standard InChI is InChI=1S/C17H21Cl2N3O/c1-16(9-18)14(8-13-2-4-15(19)5-3-13)6-7-17(16,23)10-22-12-20-11-21-22/h2-5,11-12,14,23H,6-10H2,1H3/t14?,16-,17-/m1/s1. The fraction of sp³-hybridized carbons (Fsp3) is 0.529. The lowest BCUT2D eigenvalue weighted by Gasteiger charge is -2.42. The highest BCUT2D eigenvalue weighted by molar-refractivity contribution is 6.30. The van der Waals surface area contributed by atoms with Crippen molar-refractivity contribution >= 4 is 23.2 Å². The molecule has 4 nitrogen and oxygen atoms in total. The van der Waals surface area contributed by atoms with Crippen LogP contribution in [-0.2, 0) is 13.0 Å². The Bertz CT molecular complexity index is 646. The smallest absolute Gasteiger partial charge is 0.137 e. The zero-order chi connectivity index (χ0) is 16.5. The van der Waals surface area contributed by atoms with Gasteiger partial charge in [0.25, 0.3) is 0 Å². The molecule has 2 aromatic rings. The molecule has 1 aliphatic carbocycles. The van der Waals surface area contributed by atoms with Crippen molar-refractivity contribution in [1.29, 1.82) is 0 Å². The summed E-state index contributed by atoms with van der Waals surface area (Å²) in [6, 6.07) is 7.91. The normalized spacial score (nSPS) is 30.7. The van der Waals surface area contributed by atoms with Gasteiger partial charge in [0.15, 0.2) is 0 Å². The van der Waals surface area contributed by atoms with Gasteiger partial charge in [-0.3, -0.25) is 4.68 Å². The highest BCUT2D eigenvalue weighted by Crippen LogP contribution is 2.53. The summed E-state index contributed by atoms with van der Waals surface area (Å²) >= 11 is 12.3. The van der Waals surface area contributed by atoms with E-state index in [0.717, 1.165) is 17.9 Å². The van der Waals surface area contributed by atoms with Crippen LogP contribution in [0, 0.1) is 11.3 Å². The monoisotopic (exact) mass is 353 g/mol. The van der Waals surface area contributed by atoms with Crippen molar-refractivity contribution in [3.05, 3.63) is 47.5 Å². The number of alkyl halides is 1. The Morgan fingerprint density at radius 1 is 1.35 bits per heavy atom. The van der Waals surface area contributed by atoms with Crippen molar-refractivity contribution in [2.45, 2.75) is 38.3 Å². The summed E-state index contributed by atoms with van der Waals surface area (Å²) in [5, 5.41) is 16.2. The molecular weight excluding hydrogens is 333 g/mol. The van der Waals surface area contributed by atoms with Gasteiger partial charge in [0.2, 0.25) is 0 Å². The van der Waals surface area contributed by atoms with Crippen LogP contribution in [0.1, 0.15) is 25.3 Å². The zero-order valence-corrected chi connectivity index (χ0v) is 14.6. The number of benzene rings is 1. The molecule has 3 rings (SSSR count). The first-order valence-electron chi connectivity index (χ1n) is 7.82. The average Bonchev–Trinajstić information content (AvgIpc) is 3.12. The number of halogens is 2. The molecule has 3 atom stereocenters. The molecule has 124 valence electrons. The second-order valence-corrected chi connectivity index (χ2v) is 7.45. The van der Waals surface area contributed by atoms with Crippen LogP contribution < -0.4 is 0 Å². The molecule has 1 fully saturated rings. The highest BCUT2D eigenvalue weighted by Gasteiger charge is 2.56. The minimum absolute atomic E-state index is 0.315. The molecule has 1 unspecified atom stereocenters. The number of aromatic nitrogens is 3. The number of hydrogen-bond donors (Lipinski definition) is 1. The van der Waals surface area contributed by atoms with E-state index in [1.807, 2.05) is 24.3 Å². The first kappa shape index (κ1) is 16.7. The quantitative estimate of drug-likeness (QED) is 0.836. The fourth-order valence-electron chi connectivity index (χ4n) is 3.70. The molecule has 0 bridgehead atoms. The number of aliphatic hydroxyl groups is 1. The van der Waals surface area contributed by atoms with Crippen molar-refractivity contribution in [3.8, 4) is 0 Å². The molecule has 0 saturated heterocycles. The van der Waals surface area contributed by atoms with Gasteiger partial charge in [-0.25, -0.2) is 4.98 Å². The molecule has 1 N–H and O–H groups in total. The number of hydrogen-bond acceptors (Lipinski definition) is 3. The van der Waals surface area contributed by atoms with Gasteiger partial charge in [0.05, 0.1) is 12.1 Å². The lowest BCUT2D eigenvalue weighted by atomic mass is 9.70. The minimum atomic E-state index is -0.875. The molecule has 1 saturated carbocycles. The molecule has 23 heavy (non-hydrogen) atoms. The molecule has 6 heteroatoms. The molecule has 0 radical (unpaired) electrons. The van der Waals surface area contributed by atoms with Gasteiger partial charge in [-0.05, 0) is 42.9 Å². The van der Waals surface area contributed by atoms with Crippen LogP contribution in [0.2, 0.25) is 5.02 Å². The van der Waals surface area contributed by atoms with Crippen molar-refractivity contribution in [3.63, 3.8) is 0 Å². The Kier molecular flexibility index (Phi) is 4.68. The summed E-state index contributed by atoms with van der Waals surface area (Å²) in [7, 11) is 0. The van der Waals surface area contributed by atoms with Crippen molar-refractivity contribution in [2.24, 2.45) is 11.3 Å². The molecule has 0 amide bonds. The van der Waals surface area contributed by atoms with E-state index in [1.54, 1.807) is 11.0 Å². The second kappa shape index (κ2) is 6.42. The maximum Gasteiger partial charge on any atom is 0.137 e. The second-order valence-electron chi connectivity index (χ2n) is 6.74. The van der Waals surface area contributed by atoms with E-state index < -0.39 is 5.60 Å². The van der Waals surface area contributed by atoms with Crippen molar-refractivity contribution < 1.29 is 5.11 Å². The molecule has 1 aromatic carbocycles. The summed E-state index contributed by atoms with van der Waals surface area (Å²) in [5.41, 5.74) is -0.0274. The summed E-state index contributed by atoms with van der Waals surface area (Å²) in [4.78, 5) is 3.96. The number of rotatable bonds is 5. The van der Waals surface area contributed by atoms with Gasteiger partial charge in [-0.2, -0.15) is 5.10 Å². The predicted octanol–water partition coefficient (Wildman–Crippen LogP) is 3.56. The van der Waals surface area contributed by atoms with E-state index in [-0.39, 0.29) is 5.41 Å². The van der Waals surface area contributed by atoms with Gasteiger partial charge < -0.3 is 5.11 Å². The topological polar surface area (TPSA) is 50.9 Å². The lowest BCUT2D eigenvalue weighted by molar-refractivity contribution is -0.0711. The van der Waals surface area contributed by atoms with Gasteiger partial charge >= 0.3 is 0 Å². The van der Waals surface area contributed by atoms with E-state index in [4.69, 9.17) is 23.2 Å². The van der Waals surface area contributed by atoms with E-state index in [2.05, 4.69) is 17.0 Å². The maximum absolute atomic E-state index is 11.3. The Morgan fingerprint density at radius 2 is 2.09 bits per heavy atom. The van der Waals surface area contributed by atoms with Crippen LogP contribution in [0.5, 0.6) is 0 Å². The van der Waals surface area contributed by atoms with Gasteiger partial charge in [-0.1, -0.05) is 30.7 Å². The van der Waals surface area contributed by atoms with Crippen LogP contribution in [0.4, 0.5) is 0 Å². The largest absolute Gasteiger partial charge is 0.387 e. The third-order valence-electron chi connectivity index (χ3n) is 5.43. The van der Waals surface area contributed by atoms with Crippen LogP contribution in [0.25, 0.3) is 0 Å². The molecular formula is C17H21Cl2N3O. The van der Waals surface area contributed by atoms with Crippen LogP contribution in [0.15, 0.2) is 36.9 Å². The van der Waals surface area contributed by atoms with Crippen LogP contribution in [-0.4, -0.2) is 31.4 Å². The lowest BCUT2D eigenvalue weighted by Crippen LogP contribution is -2.50. The fourth-order valence-corrected chi connectivity index (χ4v) is 4.30. The van der Waals surface area contributed by atoms with Crippen LogP contribution in [0.3, 0.4) is 0 Å². The average molecular weight is 354 g/mol. The Balaban J connectivity index is 1.81. The van der Waals surface area contributed by atoms with Gasteiger partial charge in [0.1, 0.15) is 12.7 Å². The summed E-state index contributed by atoms with van der Waals surface area (Å²) in [5.74, 6) is 0.728. The Labute approximate surface area is 146 Å². The Morgan fingerprint density at radius 3 is 2.70 bits per heavy atom. The van der Waals surface area contributed by atoms with Gasteiger partial charge in [-0.15, -0.1) is 11.6 Å². The van der Waals surface area contributed by atoms with Gasteiger partial charge in [0, 0.05) is 16.3 Å². The number of nitrogens with zero attached hydrogens (tertiary/aromatic N) is 3. The Hall–Kier alpha value is -1.10. The van der Waals surface area contributed by atoms with Crippen LogP contribution >= 0.6 is 23.2 Å². The predicted molar refractivity (Wildman–Crippen MR) is 91.7 cm³/mol. The summed E-state index contributed by atoms with van der Waals surface area (Å²) in [6.45, 7) is 2.51. The summed E-state index contributed by atoms with van der Waals surface area (Å²) in [6.07, 6.45) is 5.67. The third kappa shape index (κ3) is 3.12. The van der Waals surface area contributed by atoms with E-state index in [0.29, 0.717) is 24.8 Å². The van der Waals surface area contributed by atoms with E-state index in [1.165, 1.54) is 11.9 Å². The van der Waals surface area contributed by atoms with E-state index >= 15 is 0 Å². The maximum atomic E-state index is 11.3.